The van der Waals surface area contributed by atoms with Crippen LogP contribution in [0.3, 0.4) is 0 Å². The first-order valence-corrected chi connectivity index (χ1v) is 12.6. The Morgan fingerprint density at radius 1 is 0.892 bits per heavy atom. The minimum atomic E-state index is -0.845. The molecule has 2 heterocycles. The molecular weight excluding hydrogens is 486 g/mol. The third kappa shape index (κ3) is 6.45. The molecule has 4 rings (SSSR count). The summed E-state index contributed by atoms with van der Waals surface area (Å²) in [6.45, 7) is 3.59. The van der Waals surface area contributed by atoms with Crippen LogP contribution >= 0.6 is 0 Å². The molecule has 2 aromatic carbocycles. The van der Waals surface area contributed by atoms with E-state index in [4.69, 9.17) is 9.72 Å². The van der Waals surface area contributed by atoms with Gasteiger partial charge in [-0.05, 0) is 56.9 Å². The Labute approximate surface area is 213 Å². The lowest BCUT2D eigenvalue weighted by Gasteiger charge is -2.30. The summed E-state index contributed by atoms with van der Waals surface area (Å²) < 4.78 is 61.8. The van der Waals surface area contributed by atoms with Gasteiger partial charge in [-0.2, -0.15) is 0 Å². The molecule has 0 radical (unpaired) electrons. The Morgan fingerprint density at radius 3 is 2.14 bits per heavy atom. The lowest BCUT2D eigenvalue weighted by Crippen LogP contribution is -2.32. The van der Waals surface area contributed by atoms with Gasteiger partial charge in [0.05, 0.1) is 12.3 Å². The first-order chi connectivity index (χ1) is 17.9. The highest BCUT2D eigenvalue weighted by atomic mass is 19.1. The Bertz CT molecular complexity index is 1270. The molecule has 1 aromatic heterocycles. The molecule has 1 aliphatic heterocycles. The number of hydrogen-bond donors (Lipinski definition) is 0. The predicted molar refractivity (Wildman–Crippen MR) is 133 cm³/mol. The number of ether oxygens (including phenoxy) is 1. The van der Waals surface area contributed by atoms with Gasteiger partial charge in [-0.25, -0.2) is 27.5 Å². The number of carbonyl (C=O) groups excluding carboxylic acids is 1. The fourth-order valence-electron chi connectivity index (χ4n) is 4.54. The number of hydrogen-bond acceptors (Lipinski definition) is 5. The molecule has 9 heteroatoms. The number of nitrogens with zero attached hydrogens (tertiary/aromatic N) is 3. The van der Waals surface area contributed by atoms with Crippen LogP contribution in [0.25, 0.3) is 22.5 Å². The number of anilines is 1. The summed E-state index contributed by atoms with van der Waals surface area (Å²) in [5.41, 5.74) is 0.790. The third-order valence-corrected chi connectivity index (χ3v) is 6.32. The maximum atomic E-state index is 14.8. The van der Waals surface area contributed by atoms with E-state index >= 15 is 0 Å². The van der Waals surface area contributed by atoms with E-state index in [1.165, 1.54) is 12.1 Å². The lowest BCUT2D eigenvalue weighted by atomic mass is 10.0. The van der Waals surface area contributed by atoms with Crippen LogP contribution in [0.1, 0.15) is 51.1 Å². The summed E-state index contributed by atoms with van der Waals surface area (Å²) in [7, 11) is 0. The van der Waals surface area contributed by atoms with E-state index in [0.717, 1.165) is 62.9 Å². The van der Waals surface area contributed by atoms with Crippen LogP contribution < -0.4 is 4.90 Å². The van der Waals surface area contributed by atoms with E-state index in [1.54, 1.807) is 6.92 Å². The molecule has 5 nitrogen and oxygen atoms in total. The van der Waals surface area contributed by atoms with Crippen LogP contribution in [-0.4, -0.2) is 35.6 Å². The van der Waals surface area contributed by atoms with Gasteiger partial charge in [0.25, 0.3) is 0 Å². The number of esters is 1. The van der Waals surface area contributed by atoms with Gasteiger partial charge in [0.1, 0.15) is 34.7 Å². The van der Waals surface area contributed by atoms with Crippen molar-refractivity contribution in [3.05, 3.63) is 65.4 Å². The fraction of sp³-hybridized carbons (Fsp3) is 0.393. The number of aromatic nitrogens is 2. The van der Waals surface area contributed by atoms with Crippen LogP contribution in [0.15, 0.2) is 36.4 Å². The van der Waals surface area contributed by atoms with E-state index in [-0.39, 0.29) is 28.5 Å². The van der Waals surface area contributed by atoms with E-state index in [2.05, 4.69) is 9.88 Å². The molecule has 0 bridgehead atoms. The van der Waals surface area contributed by atoms with Crippen molar-refractivity contribution in [3.63, 3.8) is 0 Å². The number of halogens is 4. The van der Waals surface area contributed by atoms with Gasteiger partial charge >= 0.3 is 5.97 Å². The monoisotopic (exact) mass is 515 g/mol. The highest BCUT2D eigenvalue weighted by Crippen LogP contribution is 2.37. The molecule has 0 saturated heterocycles. The Morgan fingerprint density at radius 2 is 1.51 bits per heavy atom. The topological polar surface area (TPSA) is 55.3 Å². The van der Waals surface area contributed by atoms with Crippen LogP contribution in [0.2, 0.25) is 0 Å². The summed E-state index contributed by atoms with van der Waals surface area (Å²) in [5.74, 6) is -2.77. The summed E-state index contributed by atoms with van der Waals surface area (Å²) in [5, 5.41) is 0. The standard InChI is InChI=1S/C28H29F4N3O2/c1-2-37-25(36)9-5-3-4-6-14-35-15-7-8-24-28(35)34-27(21-13-11-19(30)17-23(21)32)26(33-24)20-12-10-18(29)16-22(20)31/h10-13,16-17H,2-9,14-15H2,1H3. The van der Waals surface area contributed by atoms with Crippen molar-refractivity contribution in [3.8, 4) is 22.5 Å². The van der Waals surface area contributed by atoms with Crippen LogP contribution in [0, 0.1) is 23.3 Å². The van der Waals surface area contributed by atoms with Crippen molar-refractivity contribution < 1.29 is 27.1 Å². The smallest absolute Gasteiger partial charge is 0.305 e. The molecule has 3 aromatic rings. The number of rotatable bonds is 10. The average molecular weight is 516 g/mol. The largest absolute Gasteiger partial charge is 0.466 e. The maximum Gasteiger partial charge on any atom is 0.305 e. The molecule has 0 spiro atoms. The van der Waals surface area contributed by atoms with Crippen LogP contribution in [0.4, 0.5) is 23.4 Å². The molecular formula is C28H29F4N3O2. The highest BCUT2D eigenvalue weighted by Gasteiger charge is 2.26. The molecule has 0 atom stereocenters. The zero-order chi connectivity index (χ0) is 26.4. The zero-order valence-electron chi connectivity index (χ0n) is 20.7. The van der Waals surface area contributed by atoms with Gasteiger partial charge in [-0.15, -0.1) is 0 Å². The van der Waals surface area contributed by atoms with Crippen molar-refractivity contribution in [1.29, 1.82) is 0 Å². The van der Waals surface area contributed by atoms with Crippen molar-refractivity contribution in [2.75, 3.05) is 24.6 Å². The van der Waals surface area contributed by atoms with Crippen molar-refractivity contribution in [2.24, 2.45) is 0 Å². The molecule has 0 fully saturated rings. The molecule has 196 valence electrons. The molecule has 0 N–H and O–H groups in total. The molecule has 0 aliphatic carbocycles. The number of unbranched alkanes of at least 4 members (excludes halogenated alkanes) is 3. The van der Waals surface area contributed by atoms with E-state index < -0.39 is 23.3 Å². The minimum Gasteiger partial charge on any atom is -0.466 e. The Hall–Kier alpha value is -3.49. The van der Waals surface area contributed by atoms with Gasteiger partial charge in [0, 0.05) is 42.8 Å². The average Bonchev–Trinajstić information content (AvgIpc) is 2.86. The number of aryl methyl sites for hydroxylation is 1. The quantitative estimate of drug-likeness (QED) is 0.172. The fourth-order valence-corrected chi connectivity index (χ4v) is 4.54. The van der Waals surface area contributed by atoms with E-state index in [0.29, 0.717) is 37.5 Å². The molecule has 0 unspecified atom stereocenters. The molecule has 0 saturated carbocycles. The molecule has 0 amide bonds. The number of fused-ring (bicyclic) bond motifs is 1. The second-order valence-electron chi connectivity index (χ2n) is 9.00. The summed E-state index contributed by atoms with van der Waals surface area (Å²) in [6, 6.07) is 6.22. The van der Waals surface area contributed by atoms with Crippen molar-refractivity contribution in [1.82, 2.24) is 9.97 Å². The first-order valence-electron chi connectivity index (χ1n) is 12.6. The Kier molecular flexibility index (Phi) is 8.74. The van der Waals surface area contributed by atoms with Gasteiger partial charge < -0.3 is 9.64 Å². The summed E-state index contributed by atoms with van der Waals surface area (Å²) in [4.78, 5) is 23.0. The van der Waals surface area contributed by atoms with Gasteiger partial charge in [-0.3, -0.25) is 4.79 Å². The van der Waals surface area contributed by atoms with Crippen LogP contribution in [-0.2, 0) is 16.0 Å². The van der Waals surface area contributed by atoms with Gasteiger partial charge in [-0.1, -0.05) is 12.8 Å². The van der Waals surface area contributed by atoms with E-state index in [9.17, 15) is 22.4 Å². The Balaban J connectivity index is 1.60. The maximum absolute atomic E-state index is 14.8. The normalized spacial score (nSPS) is 12.9. The molecule has 37 heavy (non-hydrogen) atoms. The molecule has 1 aliphatic rings. The SMILES string of the molecule is CCOC(=O)CCCCCCN1CCCc2nc(-c3ccc(F)cc3F)c(-c3ccc(F)cc3F)nc21. The van der Waals surface area contributed by atoms with Gasteiger partial charge in [0.2, 0.25) is 0 Å². The highest BCUT2D eigenvalue weighted by molar-refractivity contribution is 5.80. The van der Waals surface area contributed by atoms with Gasteiger partial charge in [0.15, 0.2) is 5.82 Å². The third-order valence-electron chi connectivity index (χ3n) is 6.32. The van der Waals surface area contributed by atoms with Crippen LogP contribution in [0.5, 0.6) is 0 Å². The number of benzene rings is 2. The van der Waals surface area contributed by atoms with Crippen molar-refractivity contribution >= 4 is 11.8 Å². The summed E-state index contributed by atoms with van der Waals surface area (Å²) >= 11 is 0. The second-order valence-corrected chi connectivity index (χ2v) is 9.00. The number of carbonyl (C=O) groups is 1. The first kappa shape index (κ1) is 26.6. The minimum absolute atomic E-state index is 0.00542. The second kappa shape index (κ2) is 12.2. The summed E-state index contributed by atoms with van der Waals surface area (Å²) in [6.07, 6.45) is 5.26. The van der Waals surface area contributed by atoms with Crippen molar-refractivity contribution in [2.45, 2.75) is 51.9 Å². The lowest BCUT2D eigenvalue weighted by molar-refractivity contribution is -0.143. The van der Waals surface area contributed by atoms with E-state index in [1.807, 2.05) is 0 Å². The zero-order valence-corrected chi connectivity index (χ0v) is 20.7. The predicted octanol–water partition coefficient (Wildman–Crippen LogP) is 6.63.